The summed E-state index contributed by atoms with van der Waals surface area (Å²) in [5.74, 6) is 1.83. The Balaban J connectivity index is 1.18. The summed E-state index contributed by atoms with van der Waals surface area (Å²) in [7, 11) is 0. The van der Waals surface area contributed by atoms with Crippen LogP contribution in [0.4, 0.5) is 23.0 Å². The Labute approximate surface area is 228 Å². The smallest absolute Gasteiger partial charge is 0.236 e. The highest BCUT2D eigenvalue weighted by molar-refractivity contribution is 7.98. The van der Waals surface area contributed by atoms with Crippen molar-refractivity contribution in [2.45, 2.75) is 10.6 Å². The van der Waals surface area contributed by atoms with Crippen LogP contribution in [0.15, 0.2) is 35.5 Å². The van der Waals surface area contributed by atoms with Crippen molar-refractivity contribution in [3.05, 3.63) is 30.3 Å². The molecule has 37 heavy (non-hydrogen) atoms. The van der Waals surface area contributed by atoms with Crippen LogP contribution in [0.2, 0.25) is 0 Å². The van der Waals surface area contributed by atoms with E-state index in [1.54, 1.807) is 0 Å². The van der Waals surface area contributed by atoms with E-state index in [2.05, 4.69) is 61.9 Å². The van der Waals surface area contributed by atoms with Gasteiger partial charge in [-0.05, 0) is 30.5 Å². The normalized spacial score (nSPS) is 21.2. The van der Waals surface area contributed by atoms with E-state index in [1.807, 2.05) is 17.2 Å². The van der Waals surface area contributed by atoms with E-state index in [-0.39, 0.29) is 11.3 Å². The fraction of sp³-hybridized carbons (Fsp3) is 0.560. The number of morpholine rings is 2. The van der Waals surface area contributed by atoms with Gasteiger partial charge in [0.25, 0.3) is 0 Å². The molecule has 3 saturated heterocycles. The number of thiol groups is 1. The largest absolute Gasteiger partial charge is 0.378 e. The lowest BCUT2D eigenvalue weighted by Crippen LogP contribution is -2.52. The number of nitrogens with zero attached hydrogens (tertiary/aromatic N) is 6. The topological polar surface area (TPSA) is 86.3 Å². The first-order chi connectivity index (χ1) is 18.1. The standard InChI is InChI=1S/C25H35N7O3S2/c1-37-25-27-21(26-19-2-4-20(5-3-19)30-10-13-34-14-11-30)16-22(28-25)31-8-6-29(7-9-31)17-23(33)32-12-15-35-24(36)18-32/h2-5,16,24,36H,6-15,17-18H2,1H3,(H,26,27,28). The average molecular weight is 546 g/mol. The molecule has 12 heteroatoms. The van der Waals surface area contributed by atoms with Crippen LogP contribution in [0.1, 0.15) is 0 Å². The van der Waals surface area contributed by atoms with E-state index in [0.29, 0.717) is 26.2 Å². The zero-order chi connectivity index (χ0) is 25.6. The molecule has 0 aliphatic carbocycles. The lowest BCUT2D eigenvalue weighted by Gasteiger charge is -2.37. The molecule has 1 aromatic carbocycles. The maximum atomic E-state index is 12.7. The van der Waals surface area contributed by atoms with Gasteiger partial charge in [-0.3, -0.25) is 9.69 Å². The van der Waals surface area contributed by atoms with Crippen LogP contribution in [0.25, 0.3) is 0 Å². The molecule has 0 bridgehead atoms. The number of piperazine rings is 1. The Hall–Kier alpha value is -2.25. The molecule has 1 N–H and O–H groups in total. The van der Waals surface area contributed by atoms with Crippen molar-refractivity contribution in [3.63, 3.8) is 0 Å². The van der Waals surface area contributed by atoms with E-state index in [1.165, 1.54) is 17.4 Å². The van der Waals surface area contributed by atoms with Gasteiger partial charge in [0.15, 0.2) is 5.16 Å². The monoisotopic (exact) mass is 545 g/mol. The Bertz CT molecular complexity index is 1050. The predicted octanol–water partition coefficient (Wildman–Crippen LogP) is 2.02. The summed E-state index contributed by atoms with van der Waals surface area (Å²) in [6.07, 6.45) is 1.99. The minimum atomic E-state index is -0.191. The minimum Gasteiger partial charge on any atom is -0.378 e. The molecule has 4 heterocycles. The molecule has 0 radical (unpaired) electrons. The third-order valence-corrected chi connectivity index (χ3v) is 7.71. The molecule has 1 unspecified atom stereocenters. The van der Waals surface area contributed by atoms with E-state index in [0.717, 1.165) is 75.0 Å². The third kappa shape index (κ3) is 6.99. The summed E-state index contributed by atoms with van der Waals surface area (Å²) < 4.78 is 10.9. The Morgan fingerprint density at radius 2 is 1.78 bits per heavy atom. The van der Waals surface area contributed by atoms with Crippen molar-refractivity contribution in [2.75, 3.05) is 100 Å². The third-order valence-electron chi connectivity index (χ3n) is 6.85. The van der Waals surface area contributed by atoms with Crippen molar-refractivity contribution in [3.8, 4) is 0 Å². The highest BCUT2D eigenvalue weighted by atomic mass is 32.2. The van der Waals surface area contributed by atoms with Crippen LogP contribution in [-0.2, 0) is 14.3 Å². The first kappa shape index (κ1) is 26.4. The van der Waals surface area contributed by atoms with E-state index >= 15 is 0 Å². The SMILES string of the molecule is CSc1nc(Nc2ccc(N3CCOCC3)cc2)cc(N2CCN(CC(=O)N3CCOC(S)C3)CC2)n1. The summed E-state index contributed by atoms with van der Waals surface area (Å²) in [6.45, 7) is 8.80. The zero-order valence-electron chi connectivity index (χ0n) is 21.2. The van der Waals surface area contributed by atoms with E-state index in [9.17, 15) is 4.79 Å². The summed E-state index contributed by atoms with van der Waals surface area (Å²) in [5, 5.41) is 4.18. The van der Waals surface area contributed by atoms with Crippen molar-refractivity contribution in [1.82, 2.24) is 19.8 Å². The van der Waals surface area contributed by atoms with Crippen molar-refractivity contribution >= 4 is 53.3 Å². The first-order valence-electron chi connectivity index (χ1n) is 12.7. The van der Waals surface area contributed by atoms with Crippen LogP contribution in [0.5, 0.6) is 0 Å². The number of anilines is 4. The van der Waals surface area contributed by atoms with Gasteiger partial charge < -0.3 is 29.5 Å². The number of ether oxygens (including phenoxy) is 2. The predicted molar refractivity (Wildman–Crippen MR) is 151 cm³/mol. The summed E-state index contributed by atoms with van der Waals surface area (Å²) in [6, 6.07) is 10.5. The molecule has 3 aliphatic rings. The highest BCUT2D eigenvalue weighted by Gasteiger charge is 2.26. The molecule has 0 spiro atoms. The van der Waals surface area contributed by atoms with E-state index in [4.69, 9.17) is 14.5 Å². The molecule has 2 aromatic rings. The molecule has 200 valence electrons. The molecule has 3 aliphatic heterocycles. The maximum absolute atomic E-state index is 12.7. The molecule has 1 amide bonds. The number of thioether (sulfide) groups is 1. The van der Waals surface area contributed by atoms with Gasteiger partial charge in [0.2, 0.25) is 5.91 Å². The number of carbonyl (C=O) groups excluding carboxylic acids is 1. The minimum absolute atomic E-state index is 0.147. The molecule has 1 aromatic heterocycles. The number of hydrogen-bond donors (Lipinski definition) is 2. The molecule has 3 fully saturated rings. The Morgan fingerprint density at radius 1 is 1.03 bits per heavy atom. The number of benzene rings is 1. The number of aromatic nitrogens is 2. The number of rotatable bonds is 7. The highest BCUT2D eigenvalue weighted by Crippen LogP contribution is 2.26. The molecular weight excluding hydrogens is 510 g/mol. The zero-order valence-corrected chi connectivity index (χ0v) is 22.9. The van der Waals surface area contributed by atoms with Gasteiger partial charge in [-0.2, -0.15) is 0 Å². The van der Waals surface area contributed by atoms with Gasteiger partial charge in [-0.25, -0.2) is 9.97 Å². The molecule has 10 nitrogen and oxygen atoms in total. The summed E-state index contributed by atoms with van der Waals surface area (Å²) in [5.41, 5.74) is 2.00. The average Bonchev–Trinajstić information content (AvgIpc) is 2.94. The number of hydrogen-bond acceptors (Lipinski definition) is 11. The lowest BCUT2D eigenvalue weighted by atomic mass is 10.2. The summed E-state index contributed by atoms with van der Waals surface area (Å²) in [4.78, 5) is 30.8. The summed E-state index contributed by atoms with van der Waals surface area (Å²) >= 11 is 5.89. The molecular formula is C25H35N7O3S2. The van der Waals surface area contributed by atoms with Gasteiger partial charge >= 0.3 is 0 Å². The number of carbonyl (C=O) groups is 1. The van der Waals surface area contributed by atoms with Gasteiger partial charge in [0.05, 0.1) is 32.9 Å². The maximum Gasteiger partial charge on any atom is 0.236 e. The molecule has 1 atom stereocenters. The van der Waals surface area contributed by atoms with Crippen LogP contribution < -0.4 is 15.1 Å². The quantitative estimate of drug-likeness (QED) is 0.306. The lowest BCUT2D eigenvalue weighted by molar-refractivity contribution is -0.137. The van der Waals surface area contributed by atoms with Crippen molar-refractivity contribution in [2.24, 2.45) is 0 Å². The Kier molecular flexibility index (Phi) is 8.93. The van der Waals surface area contributed by atoms with Crippen LogP contribution >= 0.6 is 24.4 Å². The van der Waals surface area contributed by atoms with Crippen molar-refractivity contribution in [1.29, 1.82) is 0 Å². The van der Waals surface area contributed by atoms with Crippen LogP contribution in [0.3, 0.4) is 0 Å². The number of amides is 1. The Morgan fingerprint density at radius 3 is 2.49 bits per heavy atom. The van der Waals surface area contributed by atoms with Gasteiger partial charge in [0, 0.05) is 63.3 Å². The molecule has 0 saturated carbocycles. The second kappa shape index (κ2) is 12.5. The molecule has 5 rings (SSSR count). The fourth-order valence-corrected chi connectivity index (χ4v) is 5.42. The van der Waals surface area contributed by atoms with Gasteiger partial charge in [0.1, 0.15) is 17.1 Å². The van der Waals surface area contributed by atoms with E-state index < -0.39 is 0 Å². The second-order valence-corrected chi connectivity index (χ2v) is 10.6. The number of nitrogens with one attached hydrogen (secondary N) is 1. The van der Waals surface area contributed by atoms with Crippen LogP contribution in [-0.4, -0.2) is 116 Å². The fourth-order valence-electron chi connectivity index (χ4n) is 4.74. The first-order valence-corrected chi connectivity index (χ1v) is 14.5. The van der Waals surface area contributed by atoms with Gasteiger partial charge in [-0.1, -0.05) is 11.8 Å². The van der Waals surface area contributed by atoms with Crippen molar-refractivity contribution < 1.29 is 14.3 Å². The second-order valence-electron chi connectivity index (χ2n) is 9.30. The van der Waals surface area contributed by atoms with Crippen LogP contribution in [0, 0.1) is 0 Å². The van der Waals surface area contributed by atoms with Gasteiger partial charge in [-0.15, -0.1) is 12.6 Å².